The van der Waals surface area contributed by atoms with E-state index in [4.69, 9.17) is 14.2 Å². The molecule has 1 aromatic carbocycles. The zero-order valence-electron chi connectivity index (χ0n) is 13.9. The van der Waals surface area contributed by atoms with E-state index in [0.717, 1.165) is 15.6 Å². The SMILES string of the molecule is COc1cc(NC(=O)Cc2sc(C)nc2C)cc(OC)c1OC. The number of aryl methyl sites for hydroxylation is 2. The zero-order valence-corrected chi connectivity index (χ0v) is 14.7. The maximum absolute atomic E-state index is 12.3. The third-order valence-corrected chi connectivity index (χ3v) is 4.34. The minimum Gasteiger partial charge on any atom is -0.493 e. The van der Waals surface area contributed by atoms with Crippen molar-refractivity contribution < 1.29 is 19.0 Å². The van der Waals surface area contributed by atoms with E-state index in [1.165, 1.54) is 32.7 Å². The van der Waals surface area contributed by atoms with Crippen LogP contribution in [0.25, 0.3) is 0 Å². The average Bonchev–Trinajstić information content (AvgIpc) is 2.83. The smallest absolute Gasteiger partial charge is 0.229 e. The average molecular weight is 336 g/mol. The number of anilines is 1. The summed E-state index contributed by atoms with van der Waals surface area (Å²) in [7, 11) is 4.60. The van der Waals surface area contributed by atoms with Gasteiger partial charge in [-0.15, -0.1) is 11.3 Å². The lowest BCUT2D eigenvalue weighted by molar-refractivity contribution is -0.115. The van der Waals surface area contributed by atoms with Crippen LogP contribution >= 0.6 is 11.3 Å². The van der Waals surface area contributed by atoms with Gasteiger partial charge >= 0.3 is 0 Å². The first-order valence-electron chi connectivity index (χ1n) is 7.01. The molecule has 7 heteroatoms. The fraction of sp³-hybridized carbons (Fsp3) is 0.375. The molecule has 0 aliphatic carbocycles. The number of aromatic nitrogens is 1. The van der Waals surface area contributed by atoms with E-state index in [1.54, 1.807) is 12.1 Å². The molecule has 124 valence electrons. The molecule has 0 spiro atoms. The van der Waals surface area contributed by atoms with Crippen LogP contribution in [0.3, 0.4) is 0 Å². The van der Waals surface area contributed by atoms with Gasteiger partial charge < -0.3 is 19.5 Å². The van der Waals surface area contributed by atoms with Gasteiger partial charge in [-0.25, -0.2) is 4.98 Å². The molecule has 1 heterocycles. The van der Waals surface area contributed by atoms with E-state index >= 15 is 0 Å². The van der Waals surface area contributed by atoms with Crippen molar-refractivity contribution in [2.45, 2.75) is 20.3 Å². The van der Waals surface area contributed by atoms with Crippen molar-refractivity contribution >= 4 is 22.9 Å². The first-order chi connectivity index (χ1) is 11.0. The summed E-state index contributed by atoms with van der Waals surface area (Å²) >= 11 is 1.53. The van der Waals surface area contributed by atoms with E-state index < -0.39 is 0 Å². The highest BCUT2D eigenvalue weighted by molar-refractivity contribution is 7.11. The van der Waals surface area contributed by atoms with Crippen LogP contribution in [0.5, 0.6) is 17.2 Å². The van der Waals surface area contributed by atoms with Crippen LogP contribution in [0.4, 0.5) is 5.69 Å². The summed E-state index contributed by atoms with van der Waals surface area (Å²) in [6.45, 7) is 3.84. The van der Waals surface area contributed by atoms with Crippen molar-refractivity contribution in [2.24, 2.45) is 0 Å². The molecule has 23 heavy (non-hydrogen) atoms. The van der Waals surface area contributed by atoms with Gasteiger partial charge in [-0.1, -0.05) is 0 Å². The molecule has 0 aliphatic heterocycles. The van der Waals surface area contributed by atoms with Crippen molar-refractivity contribution in [3.8, 4) is 17.2 Å². The van der Waals surface area contributed by atoms with E-state index in [1.807, 2.05) is 13.8 Å². The summed E-state index contributed by atoms with van der Waals surface area (Å²) in [6.07, 6.45) is 0.286. The van der Waals surface area contributed by atoms with Crippen LogP contribution in [-0.2, 0) is 11.2 Å². The van der Waals surface area contributed by atoms with Crippen LogP contribution < -0.4 is 19.5 Å². The van der Waals surface area contributed by atoms with Crippen molar-refractivity contribution in [3.63, 3.8) is 0 Å². The number of thiazole rings is 1. The van der Waals surface area contributed by atoms with E-state index in [0.29, 0.717) is 22.9 Å². The molecule has 0 fully saturated rings. The summed E-state index contributed by atoms with van der Waals surface area (Å²) in [5.41, 5.74) is 1.48. The highest BCUT2D eigenvalue weighted by atomic mass is 32.1. The van der Waals surface area contributed by atoms with Crippen LogP contribution in [0.2, 0.25) is 0 Å². The number of amides is 1. The van der Waals surface area contributed by atoms with Gasteiger partial charge in [0.1, 0.15) is 0 Å². The Morgan fingerprint density at radius 3 is 2.17 bits per heavy atom. The van der Waals surface area contributed by atoms with Crippen molar-refractivity contribution in [3.05, 3.63) is 27.7 Å². The lowest BCUT2D eigenvalue weighted by Gasteiger charge is -2.14. The molecule has 1 amide bonds. The number of hydrogen-bond donors (Lipinski definition) is 1. The zero-order chi connectivity index (χ0) is 17.0. The minimum absolute atomic E-state index is 0.119. The molecule has 2 aromatic rings. The number of nitrogens with one attached hydrogen (secondary N) is 1. The van der Waals surface area contributed by atoms with E-state index in [-0.39, 0.29) is 12.3 Å². The van der Waals surface area contributed by atoms with Crippen LogP contribution in [-0.4, -0.2) is 32.2 Å². The Morgan fingerprint density at radius 2 is 1.74 bits per heavy atom. The van der Waals surface area contributed by atoms with Crippen LogP contribution in [0, 0.1) is 13.8 Å². The van der Waals surface area contributed by atoms with Gasteiger partial charge in [-0.2, -0.15) is 0 Å². The first-order valence-corrected chi connectivity index (χ1v) is 7.83. The Kier molecular flexibility index (Phi) is 5.44. The summed E-state index contributed by atoms with van der Waals surface area (Å²) in [5, 5.41) is 3.81. The Morgan fingerprint density at radius 1 is 1.13 bits per heavy atom. The molecule has 0 bridgehead atoms. The third-order valence-electron chi connectivity index (χ3n) is 3.27. The molecule has 0 atom stereocenters. The van der Waals surface area contributed by atoms with Gasteiger partial charge in [0.05, 0.1) is 38.5 Å². The number of carbonyl (C=O) groups excluding carboxylic acids is 1. The molecule has 1 N–H and O–H groups in total. The minimum atomic E-state index is -0.119. The summed E-state index contributed by atoms with van der Waals surface area (Å²) < 4.78 is 15.8. The maximum Gasteiger partial charge on any atom is 0.229 e. The number of nitrogens with zero attached hydrogens (tertiary/aromatic N) is 1. The third kappa shape index (κ3) is 3.92. The number of benzene rings is 1. The fourth-order valence-corrected chi connectivity index (χ4v) is 3.18. The topological polar surface area (TPSA) is 69.7 Å². The Labute approximate surface area is 139 Å². The number of rotatable bonds is 6. The lowest BCUT2D eigenvalue weighted by Crippen LogP contribution is -2.14. The van der Waals surface area contributed by atoms with Gasteiger partial charge in [0.15, 0.2) is 11.5 Å². The van der Waals surface area contributed by atoms with Gasteiger partial charge in [0.25, 0.3) is 0 Å². The molecule has 0 saturated heterocycles. The van der Waals surface area contributed by atoms with Crippen LogP contribution in [0.1, 0.15) is 15.6 Å². The summed E-state index contributed by atoms with van der Waals surface area (Å²) in [4.78, 5) is 17.5. The van der Waals surface area contributed by atoms with Crippen molar-refractivity contribution in [1.29, 1.82) is 0 Å². The fourth-order valence-electron chi connectivity index (χ4n) is 2.24. The Balaban J connectivity index is 2.19. The molecule has 0 aliphatic rings. The monoisotopic (exact) mass is 336 g/mol. The second-order valence-corrected chi connectivity index (χ2v) is 6.17. The van der Waals surface area contributed by atoms with Gasteiger partial charge in [-0.05, 0) is 13.8 Å². The standard InChI is InChI=1S/C16H20N2O4S/c1-9-14(23-10(2)17-9)8-15(19)18-11-6-12(20-3)16(22-5)13(7-11)21-4/h6-7H,8H2,1-5H3,(H,18,19). The Hall–Kier alpha value is -2.28. The summed E-state index contributed by atoms with van der Waals surface area (Å²) in [6, 6.07) is 3.40. The van der Waals surface area contributed by atoms with Crippen molar-refractivity contribution in [1.82, 2.24) is 4.98 Å². The largest absolute Gasteiger partial charge is 0.493 e. The number of carbonyl (C=O) groups is 1. The van der Waals surface area contributed by atoms with Gasteiger partial charge in [0, 0.05) is 22.7 Å². The molecular weight excluding hydrogens is 316 g/mol. The predicted molar refractivity (Wildman–Crippen MR) is 90.0 cm³/mol. The number of hydrogen-bond acceptors (Lipinski definition) is 6. The molecular formula is C16H20N2O4S. The second-order valence-electron chi connectivity index (χ2n) is 4.88. The second kappa shape index (κ2) is 7.32. The number of ether oxygens (including phenoxy) is 3. The molecule has 6 nitrogen and oxygen atoms in total. The van der Waals surface area contributed by atoms with E-state index in [9.17, 15) is 4.79 Å². The maximum atomic E-state index is 12.3. The molecule has 0 unspecified atom stereocenters. The van der Waals surface area contributed by atoms with Gasteiger partial charge in [0.2, 0.25) is 11.7 Å². The van der Waals surface area contributed by atoms with Crippen LogP contribution in [0.15, 0.2) is 12.1 Å². The Bertz CT molecular complexity index is 687. The molecule has 1 aromatic heterocycles. The first kappa shape index (κ1) is 17.1. The molecule has 0 radical (unpaired) electrons. The number of methoxy groups -OCH3 is 3. The molecule has 2 rings (SSSR count). The van der Waals surface area contributed by atoms with E-state index in [2.05, 4.69) is 10.3 Å². The highest BCUT2D eigenvalue weighted by Gasteiger charge is 2.15. The van der Waals surface area contributed by atoms with Gasteiger partial charge in [-0.3, -0.25) is 4.79 Å². The predicted octanol–water partition coefficient (Wildman–Crippen LogP) is 2.97. The molecule has 0 saturated carbocycles. The highest BCUT2D eigenvalue weighted by Crippen LogP contribution is 2.39. The van der Waals surface area contributed by atoms with Crippen molar-refractivity contribution in [2.75, 3.05) is 26.6 Å². The lowest BCUT2D eigenvalue weighted by atomic mass is 10.2. The quantitative estimate of drug-likeness (QED) is 0.878. The summed E-state index contributed by atoms with van der Waals surface area (Å²) in [5.74, 6) is 1.35. The normalized spacial score (nSPS) is 10.3.